The number of nitrogens with two attached hydrogens (primary N) is 1. The van der Waals surface area contributed by atoms with Gasteiger partial charge in [-0.2, -0.15) is 5.26 Å². The molecule has 4 rings (SSSR count). The normalized spacial score (nSPS) is 19.1. The largest absolute Gasteiger partial charge is 0.478 e. The number of hydrogen-bond acceptors (Lipinski definition) is 11. The number of carboxylic acids is 2. The number of aliphatic carboxylic acids is 2. The molecule has 2 aliphatic heterocycles. The molecule has 2 aliphatic rings. The van der Waals surface area contributed by atoms with Gasteiger partial charge in [0.1, 0.15) is 22.8 Å². The van der Waals surface area contributed by atoms with Crippen LogP contribution in [-0.2, 0) is 24.0 Å². The summed E-state index contributed by atoms with van der Waals surface area (Å²) in [5.41, 5.74) is 4.66. The molecule has 0 radical (unpaired) electrons. The molecule has 2 atom stereocenters. The minimum absolute atomic E-state index is 0.0114. The molecule has 2 amide bonds. The molecule has 1 aromatic carbocycles. The second-order valence-electron chi connectivity index (χ2n) is 8.99. The zero-order valence-corrected chi connectivity index (χ0v) is 22.7. The van der Waals surface area contributed by atoms with Gasteiger partial charge in [-0.1, -0.05) is 35.5 Å². The Morgan fingerprint density at radius 3 is 2.65 bits per heavy atom. The quantitative estimate of drug-likeness (QED) is 0.190. The zero-order valence-electron chi connectivity index (χ0n) is 21.0. The number of fused-ring (bicyclic) bond motifs is 1. The summed E-state index contributed by atoms with van der Waals surface area (Å²) in [6, 6.07) is 7.78. The summed E-state index contributed by atoms with van der Waals surface area (Å²) in [5.74, 6) is -3.97. The van der Waals surface area contributed by atoms with Gasteiger partial charge in [0, 0.05) is 11.1 Å². The lowest BCUT2D eigenvalue weighted by molar-refractivity contribution is -0.161. The van der Waals surface area contributed by atoms with Crippen LogP contribution in [0.3, 0.4) is 0 Å². The van der Waals surface area contributed by atoms with Crippen molar-refractivity contribution < 1.29 is 34.2 Å². The molecule has 3 heterocycles. The molecule has 0 aliphatic carbocycles. The fraction of sp³-hybridized carbons (Fsp3) is 0.240. The number of thioether (sulfide) groups is 1. The van der Waals surface area contributed by atoms with Crippen LogP contribution in [0.4, 0.5) is 5.13 Å². The van der Waals surface area contributed by atoms with E-state index in [2.05, 4.69) is 21.5 Å². The van der Waals surface area contributed by atoms with Crippen molar-refractivity contribution in [3.63, 3.8) is 0 Å². The Kier molecular flexibility index (Phi) is 7.93. The average Bonchev–Trinajstić information content (AvgIpc) is 3.35. The number of rotatable bonds is 9. The van der Waals surface area contributed by atoms with Crippen molar-refractivity contribution in [2.24, 2.45) is 5.16 Å². The molecule has 1 fully saturated rings. The van der Waals surface area contributed by atoms with Gasteiger partial charge >= 0.3 is 11.9 Å². The van der Waals surface area contributed by atoms with E-state index >= 15 is 0 Å². The molecule has 1 aromatic heterocycles. The first-order valence-corrected chi connectivity index (χ1v) is 13.5. The van der Waals surface area contributed by atoms with E-state index < -0.39 is 46.5 Å². The number of carboxylic acid groups (broad SMARTS) is 2. The van der Waals surface area contributed by atoms with Crippen LogP contribution in [0, 0.1) is 11.3 Å². The number of nitriles is 1. The van der Waals surface area contributed by atoms with Crippen molar-refractivity contribution in [3.8, 4) is 6.07 Å². The number of carbonyl (C=O) groups is 4. The van der Waals surface area contributed by atoms with Crippen molar-refractivity contribution in [2.75, 3.05) is 11.5 Å². The first-order chi connectivity index (χ1) is 18.9. The maximum absolute atomic E-state index is 13.2. The van der Waals surface area contributed by atoms with Crippen LogP contribution in [-0.4, -0.2) is 72.3 Å². The van der Waals surface area contributed by atoms with Crippen molar-refractivity contribution in [1.82, 2.24) is 15.2 Å². The van der Waals surface area contributed by atoms with E-state index in [-0.39, 0.29) is 22.3 Å². The second-order valence-corrected chi connectivity index (χ2v) is 11.0. The first-order valence-electron chi connectivity index (χ1n) is 11.5. The number of allylic oxidation sites excluding steroid dienone is 1. The summed E-state index contributed by atoms with van der Waals surface area (Å²) in [6.45, 7) is 2.47. The zero-order chi connectivity index (χ0) is 29.2. The topological polar surface area (TPSA) is 208 Å². The van der Waals surface area contributed by atoms with Crippen LogP contribution in [0.1, 0.15) is 30.7 Å². The van der Waals surface area contributed by atoms with Gasteiger partial charge in [0.25, 0.3) is 11.8 Å². The fourth-order valence-electron chi connectivity index (χ4n) is 3.71. The highest BCUT2D eigenvalue weighted by Crippen LogP contribution is 2.41. The highest BCUT2D eigenvalue weighted by molar-refractivity contribution is 8.00. The predicted octanol–water partition coefficient (Wildman–Crippen LogP) is 1.63. The molecule has 15 heteroatoms. The molecule has 206 valence electrons. The number of aromatic nitrogens is 1. The summed E-state index contributed by atoms with van der Waals surface area (Å²) in [4.78, 5) is 60.0. The maximum Gasteiger partial charge on any atom is 0.352 e. The summed E-state index contributed by atoms with van der Waals surface area (Å²) >= 11 is 2.26. The summed E-state index contributed by atoms with van der Waals surface area (Å²) in [6.07, 6.45) is 3.17. The van der Waals surface area contributed by atoms with Gasteiger partial charge in [0.05, 0.1) is 11.6 Å². The maximum atomic E-state index is 13.2. The Morgan fingerprint density at radius 1 is 1.30 bits per heavy atom. The highest BCUT2D eigenvalue weighted by atomic mass is 32.2. The van der Waals surface area contributed by atoms with E-state index in [4.69, 9.17) is 10.6 Å². The standard InChI is InChI=1S/C25H22N6O7S2/c1-25(2,23(36)37)38-30-16(15-11-40-24(27)28-15)19(32)29-17-20(33)31-18(22(34)35)14(10-39-21(17)31)8-7-12-5-3-4-6-13(12)9-26/h3-8,11,17,21H,10H2,1-2H3,(H2,27,28)(H,29,32)(H,34,35)(H,36,37)/b8-7+,30-16+. The van der Waals surface area contributed by atoms with E-state index in [9.17, 15) is 34.7 Å². The van der Waals surface area contributed by atoms with Crippen LogP contribution in [0.5, 0.6) is 0 Å². The highest BCUT2D eigenvalue weighted by Gasteiger charge is 2.54. The van der Waals surface area contributed by atoms with E-state index in [1.165, 1.54) is 31.0 Å². The predicted molar refractivity (Wildman–Crippen MR) is 146 cm³/mol. The van der Waals surface area contributed by atoms with Crippen LogP contribution in [0.2, 0.25) is 0 Å². The second kappa shape index (κ2) is 11.2. The van der Waals surface area contributed by atoms with Gasteiger partial charge in [0.2, 0.25) is 5.60 Å². The van der Waals surface area contributed by atoms with Crippen molar-refractivity contribution >= 4 is 63.8 Å². The number of nitrogens with zero attached hydrogens (tertiary/aromatic N) is 4. The molecule has 0 bridgehead atoms. The first kappa shape index (κ1) is 28.3. The third-order valence-corrected chi connectivity index (χ3v) is 7.87. The van der Waals surface area contributed by atoms with Crippen molar-refractivity contribution in [1.29, 1.82) is 5.26 Å². The molecule has 13 nitrogen and oxygen atoms in total. The lowest BCUT2D eigenvalue weighted by atomic mass is 10.0. The van der Waals surface area contributed by atoms with Crippen molar-refractivity contribution in [2.45, 2.75) is 30.9 Å². The molecule has 1 saturated heterocycles. The molecule has 5 N–H and O–H groups in total. The summed E-state index contributed by atoms with van der Waals surface area (Å²) in [5, 5.41) is 35.6. The SMILES string of the molecule is CC(C)(O/N=C(/C(=O)NC1C(=O)N2C(C(=O)O)=C(/C=C/c3ccccc3C#N)CSC12)c1csc(N)n1)C(=O)O. The van der Waals surface area contributed by atoms with E-state index in [1.807, 2.05) is 0 Å². The number of nitrogen functional groups attached to an aromatic ring is 1. The Bertz CT molecular complexity index is 1540. The van der Waals surface area contributed by atoms with Gasteiger partial charge in [0.15, 0.2) is 10.8 Å². The van der Waals surface area contributed by atoms with Gasteiger partial charge in [-0.25, -0.2) is 14.6 Å². The number of β-lactam (4-membered cyclic amide) rings is 1. The molecule has 40 heavy (non-hydrogen) atoms. The van der Waals surface area contributed by atoms with Crippen molar-refractivity contribution in [3.05, 3.63) is 63.8 Å². The minimum atomic E-state index is -1.77. The molecule has 2 aromatic rings. The van der Waals surface area contributed by atoms with E-state index in [1.54, 1.807) is 36.4 Å². The Hall–Kier alpha value is -4.68. The Labute approximate surface area is 235 Å². The third kappa shape index (κ3) is 5.53. The lowest BCUT2D eigenvalue weighted by Crippen LogP contribution is -2.71. The number of thiazole rings is 1. The molecule has 2 unspecified atom stereocenters. The average molecular weight is 583 g/mol. The number of carbonyl (C=O) groups excluding carboxylic acids is 2. The minimum Gasteiger partial charge on any atom is -0.478 e. The molecular weight excluding hydrogens is 560 g/mol. The van der Waals surface area contributed by atoms with Crippen LogP contribution in [0.25, 0.3) is 6.08 Å². The number of nitrogens with one attached hydrogen (secondary N) is 1. The van der Waals surface area contributed by atoms with E-state index in [0.717, 1.165) is 16.2 Å². The third-order valence-electron chi connectivity index (χ3n) is 5.89. The lowest BCUT2D eigenvalue weighted by Gasteiger charge is -2.49. The number of benzene rings is 1. The summed E-state index contributed by atoms with van der Waals surface area (Å²) < 4.78 is 0. The molecule has 0 spiro atoms. The van der Waals surface area contributed by atoms with Crippen LogP contribution < -0.4 is 11.1 Å². The van der Waals surface area contributed by atoms with Crippen LogP contribution >= 0.6 is 23.1 Å². The van der Waals surface area contributed by atoms with Gasteiger partial charge < -0.3 is 26.1 Å². The Morgan fingerprint density at radius 2 is 2.02 bits per heavy atom. The molecule has 0 saturated carbocycles. The number of amides is 2. The Balaban J connectivity index is 1.57. The van der Waals surface area contributed by atoms with Gasteiger partial charge in [-0.05, 0) is 31.1 Å². The van der Waals surface area contributed by atoms with Gasteiger partial charge in [-0.15, -0.1) is 23.1 Å². The molecular formula is C25H22N6O7S2. The summed E-state index contributed by atoms with van der Waals surface area (Å²) in [7, 11) is 0. The van der Waals surface area contributed by atoms with Crippen LogP contribution in [0.15, 0.2) is 52.1 Å². The fourth-order valence-corrected chi connectivity index (χ4v) is 5.58. The van der Waals surface area contributed by atoms with Gasteiger partial charge in [-0.3, -0.25) is 14.5 Å². The number of anilines is 1. The number of hydrogen-bond donors (Lipinski definition) is 4. The smallest absolute Gasteiger partial charge is 0.352 e. The number of oxime groups is 1. The monoisotopic (exact) mass is 582 g/mol. The van der Waals surface area contributed by atoms with E-state index in [0.29, 0.717) is 16.7 Å².